The van der Waals surface area contributed by atoms with Crippen molar-refractivity contribution in [1.82, 2.24) is 0 Å². The van der Waals surface area contributed by atoms with Gasteiger partial charge >= 0.3 is 6.36 Å². The van der Waals surface area contributed by atoms with Gasteiger partial charge in [-0.3, -0.25) is 4.74 Å². The van der Waals surface area contributed by atoms with Crippen molar-refractivity contribution in [3.05, 3.63) is 22.7 Å². The quantitative estimate of drug-likeness (QED) is 0.821. The van der Waals surface area contributed by atoms with Gasteiger partial charge in [0.25, 0.3) is 0 Å². The number of hydrogen-bond donors (Lipinski definition) is 1. The second kappa shape index (κ2) is 6.83. The van der Waals surface area contributed by atoms with Crippen molar-refractivity contribution in [1.29, 1.82) is 0 Å². The molecule has 0 atom stereocenters. The van der Waals surface area contributed by atoms with E-state index in [1.54, 1.807) is 12.1 Å². The summed E-state index contributed by atoms with van der Waals surface area (Å²) < 4.78 is 49.0. The standard InChI is InChI=1S/C11H13ClF3NO3/c1-17-9-5-7(6-16)4-8(12)10(9)18-2-3-19-11(13,14)15/h4-5H,2-3,6,16H2,1H3. The highest BCUT2D eigenvalue weighted by Crippen LogP contribution is 2.36. The summed E-state index contributed by atoms with van der Waals surface area (Å²) in [5, 5.41) is 0.215. The number of ether oxygens (including phenoxy) is 3. The maximum absolute atomic E-state index is 11.8. The lowest BCUT2D eigenvalue weighted by atomic mass is 10.2. The Balaban J connectivity index is 2.67. The van der Waals surface area contributed by atoms with Gasteiger partial charge < -0.3 is 15.2 Å². The smallest absolute Gasteiger partial charge is 0.493 e. The highest BCUT2D eigenvalue weighted by Gasteiger charge is 2.28. The molecule has 108 valence electrons. The Morgan fingerprint density at radius 1 is 1.26 bits per heavy atom. The highest BCUT2D eigenvalue weighted by atomic mass is 35.5. The summed E-state index contributed by atoms with van der Waals surface area (Å²) in [5.41, 5.74) is 6.18. The van der Waals surface area contributed by atoms with Gasteiger partial charge in [0.2, 0.25) is 0 Å². The molecule has 0 aliphatic carbocycles. The summed E-state index contributed by atoms with van der Waals surface area (Å²) in [6, 6.07) is 3.16. The first-order valence-electron chi connectivity index (χ1n) is 5.27. The van der Waals surface area contributed by atoms with Gasteiger partial charge in [-0.15, -0.1) is 13.2 Å². The van der Waals surface area contributed by atoms with E-state index in [2.05, 4.69) is 4.74 Å². The van der Waals surface area contributed by atoms with Crippen LogP contribution in [0.15, 0.2) is 12.1 Å². The van der Waals surface area contributed by atoms with Crippen molar-refractivity contribution in [2.75, 3.05) is 20.3 Å². The summed E-state index contributed by atoms with van der Waals surface area (Å²) in [4.78, 5) is 0. The number of rotatable bonds is 6. The minimum absolute atomic E-state index is 0.159. The molecular formula is C11H13ClF3NO3. The van der Waals surface area contributed by atoms with E-state index >= 15 is 0 Å². The first-order valence-corrected chi connectivity index (χ1v) is 5.65. The number of hydrogen-bond acceptors (Lipinski definition) is 4. The van der Waals surface area contributed by atoms with Gasteiger partial charge in [0, 0.05) is 6.54 Å². The Labute approximate surface area is 113 Å². The summed E-state index contributed by atoms with van der Waals surface area (Å²) in [6.45, 7) is -0.688. The van der Waals surface area contributed by atoms with E-state index in [1.165, 1.54) is 7.11 Å². The molecule has 8 heteroatoms. The van der Waals surface area contributed by atoms with E-state index in [4.69, 9.17) is 26.8 Å². The molecule has 0 radical (unpaired) electrons. The maximum Gasteiger partial charge on any atom is 0.522 e. The van der Waals surface area contributed by atoms with E-state index in [9.17, 15) is 13.2 Å². The van der Waals surface area contributed by atoms with Crippen LogP contribution in [0, 0.1) is 0 Å². The molecule has 4 nitrogen and oxygen atoms in total. The molecule has 0 amide bonds. The van der Waals surface area contributed by atoms with E-state index < -0.39 is 13.0 Å². The lowest BCUT2D eigenvalue weighted by molar-refractivity contribution is -0.325. The number of alkyl halides is 3. The zero-order valence-electron chi connectivity index (χ0n) is 10.1. The third-order valence-electron chi connectivity index (χ3n) is 2.12. The Hall–Kier alpha value is -1.18. The van der Waals surface area contributed by atoms with Crippen LogP contribution in [-0.4, -0.2) is 26.7 Å². The largest absolute Gasteiger partial charge is 0.522 e. The molecular weight excluding hydrogens is 287 g/mol. The van der Waals surface area contributed by atoms with Gasteiger partial charge in [-0.25, -0.2) is 0 Å². The first kappa shape index (κ1) is 15.9. The fourth-order valence-electron chi connectivity index (χ4n) is 1.33. The van der Waals surface area contributed by atoms with Crippen LogP contribution in [0.4, 0.5) is 13.2 Å². The second-order valence-corrected chi connectivity index (χ2v) is 3.86. The van der Waals surface area contributed by atoms with Crippen LogP contribution in [0.5, 0.6) is 11.5 Å². The third-order valence-corrected chi connectivity index (χ3v) is 2.40. The summed E-state index contributed by atoms with van der Waals surface area (Å²) in [5.74, 6) is 0.465. The van der Waals surface area contributed by atoms with Crippen LogP contribution in [0.3, 0.4) is 0 Å². The number of nitrogens with two attached hydrogens (primary N) is 1. The van der Waals surface area contributed by atoms with Gasteiger partial charge in [-0.1, -0.05) is 11.6 Å². The summed E-state index contributed by atoms with van der Waals surface area (Å²) >= 11 is 5.94. The van der Waals surface area contributed by atoms with Gasteiger partial charge in [-0.2, -0.15) is 0 Å². The number of benzene rings is 1. The molecule has 0 fully saturated rings. The van der Waals surface area contributed by atoms with E-state index in [-0.39, 0.29) is 23.9 Å². The lowest BCUT2D eigenvalue weighted by Crippen LogP contribution is -2.18. The Bertz CT molecular complexity index is 426. The fraction of sp³-hybridized carbons (Fsp3) is 0.455. The Morgan fingerprint density at radius 2 is 1.95 bits per heavy atom. The van der Waals surface area contributed by atoms with Gasteiger partial charge in [0.05, 0.1) is 18.7 Å². The van der Waals surface area contributed by atoms with Crippen molar-refractivity contribution in [3.63, 3.8) is 0 Å². The minimum atomic E-state index is -4.68. The van der Waals surface area contributed by atoms with Crippen LogP contribution >= 0.6 is 11.6 Å². The normalized spacial score (nSPS) is 11.5. The van der Waals surface area contributed by atoms with Crippen molar-refractivity contribution in [2.45, 2.75) is 12.9 Å². The van der Waals surface area contributed by atoms with Crippen LogP contribution in [0.1, 0.15) is 5.56 Å². The second-order valence-electron chi connectivity index (χ2n) is 3.46. The topological polar surface area (TPSA) is 53.7 Å². The molecule has 0 aliphatic rings. The Morgan fingerprint density at radius 3 is 2.47 bits per heavy atom. The number of methoxy groups -OCH3 is 1. The van der Waals surface area contributed by atoms with Crippen LogP contribution in [0.2, 0.25) is 5.02 Å². The zero-order chi connectivity index (χ0) is 14.5. The van der Waals surface area contributed by atoms with Crippen molar-refractivity contribution < 1.29 is 27.4 Å². The number of halogens is 4. The average Bonchev–Trinajstić information content (AvgIpc) is 2.34. The van der Waals surface area contributed by atoms with Gasteiger partial charge in [0.15, 0.2) is 11.5 Å². The zero-order valence-corrected chi connectivity index (χ0v) is 10.8. The molecule has 0 unspecified atom stereocenters. The van der Waals surface area contributed by atoms with Crippen LogP contribution in [0.25, 0.3) is 0 Å². The summed E-state index contributed by atoms with van der Waals surface area (Å²) in [7, 11) is 1.39. The third kappa shape index (κ3) is 5.14. The molecule has 0 aliphatic heterocycles. The van der Waals surface area contributed by atoms with Crippen LogP contribution < -0.4 is 15.2 Å². The first-order chi connectivity index (χ1) is 8.87. The molecule has 1 aromatic carbocycles. The predicted octanol–water partition coefficient (Wildman–Crippen LogP) is 2.72. The minimum Gasteiger partial charge on any atom is -0.493 e. The molecule has 0 aromatic heterocycles. The maximum atomic E-state index is 11.8. The monoisotopic (exact) mass is 299 g/mol. The average molecular weight is 300 g/mol. The molecule has 1 aromatic rings. The Kier molecular flexibility index (Phi) is 5.71. The molecule has 0 saturated carbocycles. The lowest BCUT2D eigenvalue weighted by Gasteiger charge is -2.14. The van der Waals surface area contributed by atoms with E-state index in [1.807, 2.05) is 0 Å². The van der Waals surface area contributed by atoms with Crippen LogP contribution in [-0.2, 0) is 11.3 Å². The van der Waals surface area contributed by atoms with Gasteiger partial charge in [0.1, 0.15) is 6.61 Å². The highest BCUT2D eigenvalue weighted by molar-refractivity contribution is 6.32. The van der Waals surface area contributed by atoms with E-state index in [0.29, 0.717) is 5.75 Å². The molecule has 0 spiro atoms. The fourth-order valence-corrected chi connectivity index (χ4v) is 1.62. The van der Waals surface area contributed by atoms with Crippen molar-refractivity contribution in [3.8, 4) is 11.5 Å². The summed E-state index contributed by atoms with van der Waals surface area (Å²) in [6.07, 6.45) is -4.68. The molecule has 0 saturated heterocycles. The molecule has 0 bridgehead atoms. The van der Waals surface area contributed by atoms with Gasteiger partial charge in [-0.05, 0) is 17.7 Å². The van der Waals surface area contributed by atoms with Crippen molar-refractivity contribution in [2.24, 2.45) is 5.73 Å². The molecule has 0 heterocycles. The molecule has 1 rings (SSSR count). The predicted molar refractivity (Wildman–Crippen MR) is 63.4 cm³/mol. The van der Waals surface area contributed by atoms with Crippen molar-refractivity contribution >= 4 is 11.6 Å². The molecule has 2 N–H and O–H groups in total. The molecule has 19 heavy (non-hydrogen) atoms. The van der Waals surface area contributed by atoms with E-state index in [0.717, 1.165) is 5.56 Å². The SMILES string of the molecule is COc1cc(CN)cc(Cl)c1OCCOC(F)(F)F.